The summed E-state index contributed by atoms with van der Waals surface area (Å²) in [6.07, 6.45) is 4.69. The van der Waals surface area contributed by atoms with E-state index >= 15 is 0 Å². The zero-order valence-electron chi connectivity index (χ0n) is 14.5. The number of nitrogens with one attached hydrogen (secondary N) is 1. The molecule has 1 aliphatic heterocycles. The van der Waals surface area contributed by atoms with Gasteiger partial charge in [0, 0.05) is 38.1 Å². The maximum absolute atomic E-state index is 12.3. The smallest absolute Gasteiger partial charge is 0.282 e. The first-order valence-electron chi connectivity index (χ1n) is 8.58. The number of nitro groups is 1. The first-order valence-corrected chi connectivity index (χ1v) is 8.58. The van der Waals surface area contributed by atoms with Crippen molar-refractivity contribution in [3.05, 3.63) is 58.0 Å². The van der Waals surface area contributed by atoms with Gasteiger partial charge in [-0.1, -0.05) is 12.1 Å². The third kappa shape index (κ3) is 4.17. The summed E-state index contributed by atoms with van der Waals surface area (Å²) in [7, 11) is 0. The number of aromatic nitrogens is 2. The van der Waals surface area contributed by atoms with Crippen LogP contribution < -0.4 is 10.2 Å². The maximum atomic E-state index is 12.3. The summed E-state index contributed by atoms with van der Waals surface area (Å²) in [5.74, 6) is 0.406. The molecule has 0 aliphatic carbocycles. The molecule has 2 aromatic rings. The lowest BCUT2D eigenvalue weighted by Gasteiger charge is -2.32. The van der Waals surface area contributed by atoms with Gasteiger partial charge in [0.1, 0.15) is 11.6 Å². The second-order valence-electron chi connectivity index (χ2n) is 6.26. The highest BCUT2D eigenvalue weighted by molar-refractivity contribution is 5.98. The van der Waals surface area contributed by atoms with E-state index in [9.17, 15) is 14.9 Å². The average Bonchev–Trinajstić information content (AvgIpc) is 2.72. The Bertz CT molecular complexity index is 887. The summed E-state index contributed by atoms with van der Waals surface area (Å²) in [6, 6.07) is 7.96. The molecule has 1 amide bonds. The van der Waals surface area contributed by atoms with Crippen LogP contribution in [0.3, 0.4) is 0 Å². The minimum absolute atomic E-state index is 0.0677. The van der Waals surface area contributed by atoms with Crippen LogP contribution in [0.5, 0.6) is 0 Å². The Morgan fingerprint density at radius 3 is 2.70 bits per heavy atom. The number of amides is 1. The highest BCUT2D eigenvalue weighted by Crippen LogP contribution is 2.23. The number of hydrogen-bond donors (Lipinski definition) is 1. The zero-order chi connectivity index (χ0) is 19.2. The number of rotatable bonds is 5. The van der Waals surface area contributed by atoms with E-state index < -0.39 is 10.8 Å². The quantitative estimate of drug-likeness (QED) is 0.633. The number of nitro benzene ring substituents is 1. The van der Waals surface area contributed by atoms with Gasteiger partial charge >= 0.3 is 0 Å². The predicted octanol–water partition coefficient (Wildman–Crippen LogP) is 1.90. The van der Waals surface area contributed by atoms with Crippen molar-refractivity contribution >= 4 is 17.4 Å². The monoisotopic (exact) mass is 366 g/mol. The molecule has 1 aromatic carbocycles. The molecule has 1 aliphatic rings. The number of para-hydroxylation sites is 1. The zero-order valence-corrected chi connectivity index (χ0v) is 14.5. The number of hydrogen-bond acceptors (Lipinski definition) is 7. The van der Waals surface area contributed by atoms with Crippen molar-refractivity contribution < 1.29 is 9.72 Å². The van der Waals surface area contributed by atoms with Gasteiger partial charge in [-0.25, -0.2) is 9.97 Å². The number of benzene rings is 1. The topological polar surface area (TPSA) is 125 Å². The summed E-state index contributed by atoms with van der Waals surface area (Å²) >= 11 is 0. The van der Waals surface area contributed by atoms with Gasteiger partial charge in [-0.2, -0.15) is 5.26 Å². The molecule has 0 saturated carbocycles. The molecule has 1 N–H and O–H groups in total. The molecule has 138 valence electrons. The fourth-order valence-electron chi connectivity index (χ4n) is 3.15. The van der Waals surface area contributed by atoms with Crippen LogP contribution in [0, 0.1) is 27.4 Å². The molecular formula is C18H18N6O3. The Hall–Kier alpha value is -3.54. The number of nitriles is 1. The standard InChI is InChI=1S/C18H18N6O3/c19-11-15-17(21-8-7-20-15)23-9-5-13(6-10-23)12-22-18(25)14-3-1-2-4-16(14)24(26)27/h1-4,7-8,13H,5-6,9-10,12H2,(H,22,25). The molecule has 1 fully saturated rings. The van der Waals surface area contributed by atoms with Gasteiger partial charge in [0.15, 0.2) is 11.5 Å². The van der Waals surface area contributed by atoms with E-state index in [1.165, 1.54) is 24.4 Å². The third-order valence-corrected chi connectivity index (χ3v) is 4.60. The molecule has 0 atom stereocenters. The lowest BCUT2D eigenvalue weighted by Crippen LogP contribution is -2.39. The molecule has 0 bridgehead atoms. The van der Waals surface area contributed by atoms with Crippen molar-refractivity contribution in [2.45, 2.75) is 12.8 Å². The van der Waals surface area contributed by atoms with E-state index in [1.54, 1.807) is 12.3 Å². The van der Waals surface area contributed by atoms with Gasteiger partial charge in [0.25, 0.3) is 11.6 Å². The number of carbonyl (C=O) groups excluding carboxylic acids is 1. The lowest BCUT2D eigenvalue weighted by atomic mass is 9.96. The molecular weight excluding hydrogens is 348 g/mol. The van der Waals surface area contributed by atoms with E-state index in [-0.39, 0.29) is 17.2 Å². The molecule has 0 unspecified atom stereocenters. The first-order chi connectivity index (χ1) is 13.1. The van der Waals surface area contributed by atoms with Gasteiger partial charge in [0.05, 0.1) is 4.92 Å². The van der Waals surface area contributed by atoms with Gasteiger partial charge in [0.2, 0.25) is 0 Å². The van der Waals surface area contributed by atoms with Gasteiger partial charge in [-0.05, 0) is 24.8 Å². The summed E-state index contributed by atoms with van der Waals surface area (Å²) in [5.41, 5.74) is 0.176. The van der Waals surface area contributed by atoms with Crippen LogP contribution in [-0.2, 0) is 0 Å². The minimum atomic E-state index is -0.554. The maximum Gasteiger partial charge on any atom is 0.282 e. The molecule has 0 radical (unpaired) electrons. The molecule has 9 nitrogen and oxygen atoms in total. The Kier molecular flexibility index (Phi) is 5.56. The van der Waals surface area contributed by atoms with Crippen molar-refractivity contribution in [3.63, 3.8) is 0 Å². The summed E-state index contributed by atoms with van der Waals surface area (Å²) < 4.78 is 0. The van der Waals surface area contributed by atoms with Crippen LogP contribution in [0.2, 0.25) is 0 Å². The second kappa shape index (κ2) is 8.23. The molecule has 27 heavy (non-hydrogen) atoms. The Morgan fingerprint density at radius 2 is 2.00 bits per heavy atom. The van der Waals surface area contributed by atoms with E-state index in [0.29, 0.717) is 31.1 Å². The van der Waals surface area contributed by atoms with Gasteiger partial charge in [-0.15, -0.1) is 0 Å². The highest BCUT2D eigenvalue weighted by atomic mass is 16.6. The minimum Gasteiger partial charge on any atom is -0.354 e. The normalized spacial score (nSPS) is 14.4. The molecule has 9 heteroatoms. The molecule has 0 spiro atoms. The second-order valence-corrected chi connectivity index (χ2v) is 6.26. The molecule has 3 rings (SSSR count). The molecule has 1 saturated heterocycles. The van der Waals surface area contributed by atoms with Crippen LogP contribution in [-0.4, -0.2) is 40.4 Å². The van der Waals surface area contributed by atoms with Crippen molar-refractivity contribution in [1.82, 2.24) is 15.3 Å². The van der Waals surface area contributed by atoms with E-state index in [1.807, 2.05) is 11.0 Å². The van der Waals surface area contributed by atoms with E-state index in [4.69, 9.17) is 5.26 Å². The summed E-state index contributed by atoms with van der Waals surface area (Å²) in [5, 5.41) is 23.0. The fraction of sp³-hybridized carbons (Fsp3) is 0.333. The van der Waals surface area contributed by atoms with Crippen molar-refractivity contribution in [1.29, 1.82) is 5.26 Å². The average molecular weight is 366 g/mol. The van der Waals surface area contributed by atoms with Crippen LogP contribution in [0.1, 0.15) is 28.9 Å². The van der Waals surface area contributed by atoms with Crippen LogP contribution in [0.25, 0.3) is 0 Å². The lowest BCUT2D eigenvalue weighted by molar-refractivity contribution is -0.385. The summed E-state index contributed by atoms with van der Waals surface area (Å²) in [6.45, 7) is 1.86. The number of anilines is 1. The van der Waals surface area contributed by atoms with Crippen molar-refractivity contribution in [2.75, 3.05) is 24.5 Å². The number of nitrogens with zero attached hydrogens (tertiary/aromatic N) is 5. The largest absolute Gasteiger partial charge is 0.354 e. The molecule has 2 heterocycles. The molecule has 1 aromatic heterocycles. The van der Waals surface area contributed by atoms with E-state index in [0.717, 1.165) is 12.8 Å². The Morgan fingerprint density at radius 1 is 1.30 bits per heavy atom. The van der Waals surface area contributed by atoms with Crippen molar-refractivity contribution in [3.8, 4) is 6.07 Å². The Labute approximate surface area is 155 Å². The van der Waals surface area contributed by atoms with E-state index in [2.05, 4.69) is 15.3 Å². The number of piperidine rings is 1. The van der Waals surface area contributed by atoms with Gasteiger partial charge < -0.3 is 10.2 Å². The predicted molar refractivity (Wildman–Crippen MR) is 97.1 cm³/mol. The highest BCUT2D eigenvalue weighted by Gasteiger charge is 2.24. The third-order valence-electron chi connectivity index (χ3n) is 4.60. The summed E-state index contributed by atoms with van der Waals surface area (Å²) in [4.78, 5) is 33.1. The van der Waals surface area contributed by atoms with Crippen molar-refractivity contribution in [2.24, 2.45) is 5.92 Å². The fourth-order valence-corrected chi connectivity index (χ4v) is 3.15. The van der Waals surface area contributed by atoms with Crippen LogP contribution in [0.4, 0.5) is 11.5 Å². The van der Waals surface area contributed by atoms with Gasteiger partial charge in [-0.3, -0.25) is 14.9 Å². The SMILES string of the molecule is N#Cc1nccnc1N1CCC(CNC(=O)c2ccccc2[N+](=O)[O-])CC1. The Balaban J connectivity index is 1.55. The number of carbonyl (C=O) groups is 1. The first kappa shape index (κ1) is 18.3. The van der Waals surface area contributed by atoms with Crippen LogP contribution in [0.15, 0.2) is 36.7 Å². The van der Waals surface area contributed by atoms with Crippen LogP contribution >= 0.6 is 0 Å².